The number of rotatable bonds is 7. The van der Waals surface area contributed by atoms with E-state index in [1.807, 2.05) is 18.7 Å². The van der Waals surface area contributed by atoms with Crippen molar-refractivity contribution in [2.75, 3.05) is 49.4 Å². The Labute approximate surface area is 142 Å². The summed E-state index contributed by atoms with van der Waals surface area (Å²) in [5.41, 5.74) is 6.74. The lowest BCUT2D eigenvalue weighted by molar-refractivity contribution is -0.148. The van der Waals surface area contributed by atoms with Crippen LogP contribution in [0.4, 0.5) is 17.3 Å². The summed E-state index contributed by atoms with van der Waals surface area (Å²) in [5, 5.41) is 3.23. The average Bonchev–Trinajstić information content (AvgIpc) is 2.57. The SMILES string of the molecule is CCOC(=O)C1CCCN(c2ncnc(NC(C)COC)c2N)C1. The Kier molecular flexibility index (Phi) is 6.60. The van der Waals surface area contributed by atoms with Gasteiger partial charge >= 0.3 is 5.97 Å². The van der Waals surface area contributed by atoms with Gasteiger partial charge < -0.3 is 25.4 Å². The van der Waals surface area contributed by atoms with E-state index in [2.05, 4.69) is 15.3 Å². The number of esters is 1. The summed E-state index contributed by atoms with van der Waals surface area (Å²) in [5.74, 6) is 0.952. The van der Waals surface area contributed by atoms with Crippen LogP contribution in [0.3, 0.4) is 0 Å². The fraction of sp³-hybridized carbons (Fsp3) is 0.688. The van der Waals surface area contributed by atoms with Crippen molar-refractivity contribution in [2.24, 2.45) is 5.92 Å². The standard InChI is InChI=1S/C16H27N5O3/c1-4-24-16(22)12-6-5-7-21(8-12)15-13(17)14(18-10-19-15)20-11(2)9-23-3/h10-12H,4-9,17H2,1-3H3,(H,18,19,20). The fourth-order valence-corrected chi connectivity index (χ4v) is 2.90. The molecule has 0 bridgehead atoms. The minimum atomic E-state index is -0.151. The molecule has 1 fully saturated rings. The van der Waals surface area contributed by atoms with Crippen LogP contribution >= 0.6 is 0 Å². The van der Waals surface area contributed by atoms with Crippen molar-refractivity contribution in [1.82, 2.24) is 9.97 Å². The second kappa shape index (κ2) is 8.68. The minimum Gasteiger partial charge on any atom is -0.466 e. The molecule has 0 radical (unpaired) electrons. The van der Waals surface area contributed by atoms with Crippen LogP contribution in [0.5, 0.6) is 0 Å². The number of anilines is 3. The molecule has 8 heteroatoms. The van der Waals surface area contributed by atoms with E-state index in [9.17, 15) is 4.79 Å². The molecular formula is C16H27N5O3. The van der Waals surface area contributed by atoms with E-state index >= 15 is 0 Å². The Morgan fingerprint density at radius 3 is 3.04 bits per heavy atom. The molecule has 0 spiro atoms. The highest BCUT2D eigenvalue weighted by molar-refractivity contribution is 5.77. The maximum Gasteiger partial charge on any atom is 0.310 e. The van der Waals surface area contributed by atoms with Crippen molar-refractivity contribution in [3.8, 4) is 0 Å². The van der Waals surface area contributed by atoms with E-state index in [-0.39, 0.29) is 17.9 Å². The average molecular weight is 337 g/mol. The predicted octanol–water partition coefficient (Wildman–Crippen LogP) is 1.29. The number of hydrogen-bond donors (Lipinski definition) is 2. The highest BCUT2D eigenvalue weighted by Gasteiger charge is 2.29. The smallest absolute Gasteiger partial charge is 0.310 e. The van der Waals surface area contributed by atoms with Gasteiger partial charge in [0.1, 0.15) is 12.0 Å². The molecule has 2 heterocycles. The number of carbonyl (C=O) groups is 1. The molecular weight excluding hydrogens is 310 g/mol. The van der Waals surface area contributed by atoms with Crippen molar-refractivity contribution in [3.63, 3.8) is 0 Å². The number of nitrogens with one attached hydrogen (secondary N) is 1. The first-order valence-corrected chi connectivity index (χ1v) is 8.34. The third kappa shape index (κ3) is 4.47. The van der Waals surface area contributed by atoms with Crippen molar-refractivity contribution in [2.45, 2.75) is 32.7 Å². The normalized spacial score (nSPS) is 19.0. The summed E-state index contributed by atoms with van der Waals surface area (Å²) >= 11 is 0. The summed E-state index contributed by atoms with van der Waals surface area (Å²) in [6, 6.07) is 0.0775. The molecule has 0 saturated carbocycles. The zero-order chi connectivity index (χ0) is 17.5. The monoisotopic (exact) mass is 337 g/mol. The first-order chi connectivity index (χ1) is 11.6. The van der Waals surface area contributed by atoms with Gasteiger partial charge in [-0.15, -0.1) is 0 Å². The number of ether oxygens (including phenoxy) is 2. The molecule has 1 aromatic rings. The lowest BCUT2D eigenvalue weighted by Gasteiger charge is -2.33. The van der Waals surface area contributed by atoms with E-state index in [1.165, 1.54) is 6.33 Å². The van der Waals surface area contributed by atoms with Gasteiger partial charge in [-0.2, -0.15) is 0 Å². The molecule has 24 heavy (non-hydrogen) atoms. The second-order valence-electron chi connectivity index (χ2n) is 6.00. The van der Waals surface area contributed by atoms with Gasteiger partial charge in [-0.3, -0.25) is 4.79 Å². The lowest BCUT2D eigenvalue weighted by atomic mass is 9.98. The summed E-state index contributed by atoms with van der Waals surface area (Å²) in [6.45, 7) is 6.13. The van der Waals surface area contributed by atoms with Crippen LogP contribution in [0, 0.1) is 5.92 Å². The number of piperidine rings is 1. The fourth-order valence-electron chi connectivity index (χ4n) is 2.90. The predicted molar refractivity (Wildman–Crippen MR) is 93.0 cm³/mol. The third-order valence-electron chi connectivity index (χ3n) is 4.00. The molecule has 1 aliphatic rings. The van der Waals surface area contributed by atoms with Crippen LogP contribution in [0.2, 0.25) is 0 Å². The van der Waals surface area contributed by atoms with Crippen LogP contribution < -0.4 is 16.0 Å². The summed E-state index contributed by atoms with van der Waals surface area (Å²) in [7, 11) is 1.65. The van der Waals surface area contributed by atoms with Crippen LogP contribution in [0.1, 0.15) is 26.7 Å². The number of hydrogen-bond acceptors (Lipinski definition) is 8. The number of nitrogen functional groups attached to an aromatic ring is 1. The van der Waals surface area contributed by atoms with E-state index in [1.54, 1.807) is 7.11 Å². The molecule has 1 aromatic heterocycles. The van der Waals surface area contributed by atoms with Crippen LogP contribution in [-0.2, 0) is 14.3 Å². The van der Waals surface area contributed by atoms with Crippen molar-refractivity contribution >= 4 is 23.3 Å². The molecule has 0 amide bonds. The number of carbonyl (C=O) groups excluding carboxylic acids is 1. The summed E-state index contributed by atoms with van der Waals surface area (Å²) in [6.07, 6.45) is 3.22. The van der Waals surface area contributed by atoms with Crippen LogP contribution in [0.15, 0.2) is 6.33 Å². The quantitative estimate of drug-likeness (QED) is 0.718. The molecule has 1 saturated heterocycles. The van der Waals surface area contributed by atoms with Gasteiger partial charge in [-0.1, -0.05) is 0 Å². The molecule has 2 unspecified atom stereocenters. The highest BCUT2D eigenvalue weighted by atomic mass is 16.5. The van der Waals surface area contributed by atoms with Gasteiger partial charge in [-0.05, 0) is 26.7 Å². The van der Waals surface area contributed by atoms with Crippen molar-refractivity contribution < 1.29 is 14.3 Å². The molecule has 8 nitrogen and oxygen atoms in total. The molecule has 0 aromatic carbocycles. The van der Waals surface area contributed by atoms with Gasteiger partial charge in [0.2, 0.25) is 0 Å². The van der Waals surface area contributed by atoms with E-state index < -0.39 is 0 Å². The van der Waals surface area contributed by atoms with E-state index in [0.717, 1.165) is 19.4 Å². The van der Waals surface area contributed by atoms with Crippen LogP contribution in [0.25, 0.3) is 0 Å². The van der Waals surface area contributed by atoms with Gasteiger partial charge in [-0.25, -0.2) is 9.97 Å². The Morgan fingerprint density at radius 2 is 2.33 bits per heavy atom. The third-order valence-corrected chi connectivity index (χ3v) is 4.00. The Balaban J connectivity index is 2.12. The largest absolute Gasteiger partial charge is 0.466 e. The molecule has 0 aliphatic carbocycles. The molecule has 2 atom stereocenters. The van der Waals surface area contributed by atoms with Gasteiger partial charge in [0.25, 0.3) is 0 Å². The van der Waals surface area contributed by atoms with E-state index in [0.29, 0.717) is 37.1 Å². The minimum absolute atomic E-state index is 0.0775. The lowest BCUT2D eigenvalue weighted by Crippen LogP contribution is -2.40. The van der Waals surface area contributed by atoms with Gasteiger partial charge in [0.15, 0.2) is 11.6 Å². The molecule has 134 valence electrons. The number of aromatic nitrogens is 2. The van der Waals surface area contributed by atoms with Gasteiger partial charge in [0, 0.05) is 26.2 Å². The second-order valence-corrected chi connectivity index (χ2v) is 6.00. The first-order valence-electron chi connectivity index (χ1n) is 8.34. The Morgan fingerprint density at radius 1 is 1.54 bits per heavy atom. The molecule has 2 rings (SSSR count). The Bertz CT molecular complexity index is 555. The molecule has 3 N–H and O–H groups in total. The number of methoxy groups -OCH3 is 1. The zero-order valence-electron chi connectivity index (χ0n) is 14.6. The summed E-state index contributed by atoms with van der Waals surface area (Å²) < 4.78 is 10.3. The Hall–Kier alpha value is -2.09. The van der Waals surface area contributed by atoms with Gasteiger partial charge in [0.05, 0.1) is 19.1 Å². The molecule has 1 aliphatic heterocycles. The van der Waals surface area contributed by atoms with Crippen molar-refractivity contribution in [3.05, 3.63) is 6.33 Å². The maximum atomic E-state index is 12.0. The zero-order valence-corrected chi connectivity index (χ0v) is 14.6. The van der Waals surface area contributed by atoms with Crippen molar-refractivity contribution in [1.29, 1.82) is 0 Å². The maximum absolute atomic E-state index is 12.0. The van der Waals surface area contributed by atoms with E-state index in [4.69, 9.17) is 15.2 Å². The first kappa shape index (κ1) is 18.3. The van der Waals surface area contributed by atoms with Crippen LogP contribution in [-0.4, -0.2) is 55.4 Å². The number of nitrogens with two attached hydrogens (primary N) is 1. The number of nitrogens with zero attached hydrogens (tertiary/aromatic N) is 3. The summed E-state index contributed by atoms with van der Waals surface area (Å²) in [4.78, 5) is 22.6. The highest BCUT2D eigenvalue weighted by Crippen LogP contribution is 2.30. The topological polar surface area (TPSA) is 103 Å².